The molecule has 1 amide bonds. The minimum Gasteiger partial charge on any atom is -0.493 e. The number of sulfonamides is 1. The minimum absolute atomic E-state index is 0.175. The molecule has 0 saturated heterocycles. The number of hydrogen-bond acceptors (Lipinski definition) is 6. The molecular formula is C26H30N2O6S. The van der Waals surface area contributed by atoms with E-state index in [0.717, 1.165) is 11.1 Å². The number of ether oxygens (including phenoxy) is 3. The lowest BCUT2D eigenvalue weighted by Crippen LogP contribution is -2.30. The second-order valence-corrected chi connectivity index (χ2v) is 9.59. The predicted octanol–water partition coefficient (Wildman–Crippen LogP) is 3.92. The molecule has 0 aliphatic rings. The summed E-state index contributed by atoms with van der Waals surface area (Å²) in [6, 6.07) is 18.8. The van der Waals surface area contributed by atoms with Gasteiger partial charge in [-0.25, -0.2) is 8.42 Å². The summed E-state index contributed by atoms with van der Waals surface area (Å²) in [6.07, 6.45) is 0. The Labute approximate surface area is 206 Å². The van der Waals surface area contributed by atoms with Crippen molar-refractivity contribution >= 4 is 21.6 Å². The highest BCUT2D eigenvalue weighted by molar-refractivity contribution is 7.92. The van der Waals surface area contributed by atoms with Gasteiger partial charge in [0.25, 0.3) is 15.9 Å². The molecule has 0 spiro atoms. The van der Waals surface area contributed by atoms with Gasteiger partial charge in [0.1, 0.15) is 5.75 Å². The number of carbonyl (C=O) groups excluding carboxylic acids is 1. The zero-order valence-electron chi connectivity index (χ0n) is 20.3. The largest absolute Gasteiger partial charge is 0.493 e. The molecule has 0 heterocycles. The minimum atomic E-state index is -3.69. The molecule has 9 heteroatoms. The number of hydrogen-bond donors (Lipinski definition) is 1. The van der Waals surface area contributed by atoms with Crippen molar-refractivity contribution in [1.29, 1.82) is 0 Å². The molecule has 8 nitrogen and oxygen atoms in total. The Morgan fingerprint density at radius 1 is 0.914 bits per heavy atom. The average molecular weight is 499 g/mol. The third-order valence-corrected chi connectivity index (χ3v) is 7.25. The molecule has 0 aliphatic heterocycles. The average Bonchev–Trinajstić information content (AvgIpc) is 2.87. The summed E-state index contributed by atoms with van der Waals surface area (Å²) in [5.41, 5.74) is 2.36. The number of nitrogens with one attached hydrogen (secondary N) is 1. The number of amides is 1. The van der Waals surface area contributed by atoms with Crippen molar-refractivity contribution in [1.82, 2.24) is 5.32 Å². The Balaban J connectivity index is 1.58. The smallest absolute Gasteiger partial charge is 0.264 e. The summed E-state index contributed by atoms with van der Waals surface area (Å²) in [6.45, 7) is 4.09. The Bertz CT molecular complexity index is 1240. The molecule has 1 N–H and O–H groups in total. The molecule has 0 fully saturated rings. The van der Waals surface area contributed by atoms with Gasteiger partial charge in [0.2, 0.25) is 0 Å². The lowest BCUT2D eigenvalue weighted by atomic mass is 10.2. The molecule has 0 unspecified atom stereocenters. The van der Waals surface area contributed by atoms with Gasteiger partial charge >= 0.3 is 0 Å². The molecule has 0 atom stereocenters. The standard InChI is InChI=1S/C26H30N2O6S/c1-5-28(35(30,31)23-13-6-19(2)7-14-23)21-9-11-22(12-10-21)34-18-26(29)27-17-20-8-15-24(32-3)25(16-20)33-4/h6-16H,5,17-18H2,1-4H3,(H,27,29). The molecule has 0 aliphatic carbocycles. The van der Waals surface area contributed by atoms with Crippen molar-refractivity contribution in [2.75, 3.05) is 31.7 Å². The normalized spacial score (nSPS) is 11.0. The monoisotopic (exact) mass is 498 g/mol. The van der Waals surface area contributed by atoms with Crippen LogP contribution in [0, 0.1) is 6.92 Å². The Morgan fingerprint density at radius 3 is 2.17 bits per heavy atom. The molecule has 3 aromatic rings. The van der Waals surface area contributed by atoms with Crippen LogP contribution in [0.4, 0.5) is 5.69 Å². The lowest BCUT2D eigenvalue weighted by Gasteiger charge is -2.23. The first kappa shape index (κ1) is 25.9. The van der Waals surface area contributed by atoms with Crippen molar-refractivity contribution in [3.63, 3.8) is 0 Å². The van der Waals surface area contributed by atoms with Gasteiger partial charge < -0.3 is 19.5 Å². The maximum Gasteiger partial charge on any atom is 0.264 e. The zero-order valence-corrected chi connectivity index (χ0v) is 21.1. The van der Waals surface area contributed by atoms with Gasteiger partial charge in [-0.1, -0.05) is 23.8 Å². The topological polar surface area (TPSA) is 94.2 Å². The van der Waals surface area contributed by atoms with E-state index in [1.54, 1.807) is 81.8 Å². The fraction of sp³-hybridized carbons (Fsp3) is 0.269. The molecule has 0 bridgehead atoms. The predicted molar refractivity (Wildman–Crippen MR) is 135 cm³/mol. The summed E-state index contributed by atoms with van der Waals surface area (Å²) < 4.78 is 43.5. The Kier molecular flexibility index (Phi) is 8.59. The van der Waals surface area contributed by atoms with Crippen LogP contribution in [0.5, 0.6) is 17.2 Å². The summed E-state index contributed by atoms with van der Waals surface area (Å²) >= 11 is 0. The van der Waals surface area contributed by atoms with E-state index >= 15 is 0 Å². The van der Waals surface area contributed by atoms with Crippen molar-refractivity contribution in [3.05, 3.63) is 77.9 Å². The van der Waals surface area contributed by atoms with E-state index < -0.39 is 10.0 Å². The van der Waals surface area contributed by atoms with E-state index in [0.29, 0.717) is 29.5 Å². The molecule has 0 saturated carbocycles. The number of aryl methyl sites for hydroxylation is 1. The number of nitrogens with zero attached hydrogens (tertiary/aromatic N) is 1. The molecule has 186 valence electrons. The van der Waals surface area contributed by atoms with E-state index in [9.17, 15) is 13.2 Å². The van der Waals surface area contributed by atoms with Crippen LogP contribution in [0.3, 0.4) is 0 Å². The van der Waals surface area contributed by atoms with Crippen molar-refractivity contribution in [2.45, 2.75) is 25.3 Å². The highest BCUT2D eigenvalue weighted by Crippen LogP contribution is 2.28. The number of carbonyl (C=O) groups is 1. The molecular weight excluding hydrogens is 468 g/mol. The van der Waals surface area contributed by atoms with E-state index in [1.165, 1.54) is 4.31 Å². The van der Waals surface area contributed by atoms with E-state index in [4.69, 9.17) is 14.2 Å². The first-order valence-corrected chi connectivity index (χ1v) is 12.5. The van der Waals surface area contributed by atoms with E-state index in [1.807, 2.05) is 13.0 Å². The summed E-state index contributed by atoms with van der Waals surface area (Å²) in [5, 5.41) is 2.79. The highest BCUT2D eigenvalue weighted by Gasteiger charge is 2.23. The van der Waals surface area contributed by atoms with Crippen molar-refractivity contribution in [2.24, 2.45) is 0 Å². The third kappa shape index (κ3) is 6.45. The summed E-state index contributed by atoms with van der Waals surface area (Å²) in [5.74, 6) is 1.36. The van der Waals surface area contributed by atoms with Gasteiger partial charge in [0, 0.05) is 13.1 Å². The summed E-state index contributed by atoms with van der Waals surface area (Å²) in [4.78, 5) is 12.5. The van der Waals surface area contributed by atoms with Crippen LogP contribution < -0.4 is 23.8 Å². The molecule has 0 aromatic heterocycles. The second-order valence-electron chi connectivity index (χ2n) is 7.73. The van der Waals surface area contributed by atoms with Gasteiger partial charge in [-0.2, -0.15) is 0 Å². The van der Waals surface area contributed by atoms with Crippen LogP contribution in [-0.4, -0.2) is 41.7 Å². The number of benzene rings is 3. The highest BCUT2D eigenvalue weighted by atomic mass is 32.2. The zero-order chi connectivity index (χ0) is 25.4. The van der Waals surface area contributed by atoms with Crippen LogP contribution in [0.2, 0.25) is 0 Å². The number of anilines is 1. The fourth-order valence-corrected chi connectivity index (χ4v) is 4.90. The van der Waals surface area contributed by atoms with Crippen molar-refractivity contribution in [3.8, 4) is 17.2 Å². The van der Waals surface area contributed by atoms with Crippen LogP contribution in [-0.2, 0) is 21.4 Å². The van der Waals surface area contributed by atoms with E-state index in [2.05, 4.69) is 5.32 Å². The van der Waals surface area contributed by atoms with Gasteiger partial charge in [-0.3, -0.25) is 9.10 Å². The van der Waals surface area contributed by atoms with Gasteiger partial charge in [-0.15, -0.1) is 0 Å². The molecule has 3 aromatic carbocycles. The summed E-state index contributed by atoms with van der Waals surface area (Å²) in [7, 11) is -0.577. The Hall–Kier alpha value is -3.72. The lowest BCUT2D eigenvalue weighted by molar-refractivity contribution is -0.123. The maximum absolute atomic E-state index is 13.1. The molecule has 0 radical (unpaired) electrons. The first-order valence-electron chi connectivity index (χ1n) is 11.1. The van der Waals surface area contributed by atoms with Crippen LogP contribution in [0.1, 0.15) is 18.1 Å². The quantitative estimate of drug-likeness (QED) is 0.431. The number of rotatable bonds is 11. The Morgan fingerprint density at radius 2 is 1.57 bits per heavy atom. The van der Waals surface area contributed by atoms with Crippen LogP contribution in [0.15, 0.2) is 71.6 Å². The SMILES string of the molecule is CCN(c1ccc(OCC(=O)NCc2ccc(OC)c(OC)c2)cc1)S(=O)(=O)c1ccc(C)cc1. The third-order valence-electron chi connectivity index (χ3n) is 5.33. The second kappa shape index (κ2) is 11.6. The first-order chi connectivity index (χ1) is 16.8. The maximum atomic E-state index is 13.1. The van der Waals surface area contributed by atoms with Crippen molar-refractivity contribution < 1.29 is 27.4 Å². The van der Waals surface area contributed by atoms with E-state index in [-0.39, 0.29) is 24.0 Å². The number of methoxy groups -OCH3 is 2. The van der Waals surface area contributed by atoms with Gasteiger partial charge in [0.15, 0.2) is 18.1 Å². The molecule has 3 rings (SSSR count). The van der Waals surface area contributed by atoms with Crippen LogP contribution in [0.25, 0.3) is 0 Å². The fourth-order valence-electron chi connectivity index (χ4n) is 3.43. The van der Waals surface area contributed by atoms with Gasteiger partial charge in [-0.05, 0) is 67.9 Å². The van der Waals surface area contributed by atoms with Gasteiger partial charge in [0.05, 0.1) is 24.8 Å². The van der Waals surface area contributed by atoms with Crippen LogP contribution >= 0.6 is 0 Å². The molecule has 35 heavy (non-hydrogen) atoms.